The van der Waals surface area contributed by atoms with Gasteiger partial charge in [0.15, 0.2) is 5.75 Å². The van der Waals surface area contributed by atoms with E-state index in [9.17, 15) is 13.5 Å². The Kier molecular flexibility index (Phi) is 5.27. The number of hydrogen-bond acceptors (Lipinski definition) is 4. The summed E-state index contributed by atoms with van der Waals surface area (Å²) in [7, 11) is -3.94. The van der Waals surface area contributed by atoms with Gasteiger partial charge in [0.2, 0.25) is 10.0 Å². The molecule has 1 aromatic carbocycles. The molecule has 0 aliphatic carbocycles. The van der Waals surface area contributed by atoms with Crippen LogP contribution >= 0.6 is 23.2 Å². The van der Waals surface area contributed by atoms with E-state index in [0.717, 1.165) is 6.07 Å². The summed E-state index contributed by atoms with van der Waals surface area (Å²) in [6.07, 6.45) is 0.331. The Labute approximate surface area is 128 Å². The van der Waals surface area contributed by atoms with E-state index >= 15 is 0 Å². The number of phenols is 1. The number of benzene rings is 1. The summed E-state index contributed by atoms with van der Waals surface area (Å²) in [5, 5.41) is 18.5. The van der Waals surface area contributed by atoms with Crippen LogP contribution in [0.1, 0.15) is 20.3 Å². The molecule has 1 aromatic rings. The largest absolute Gasteiger partial charge is 0.505 e. The third kappa shape index (κ3) is 4.25. The Bertz CT molecular complexity index is 651. The molecule has 110 valence electrons. The van der Waals surface area contributed by atoms with E-state index in [1.807, 2.05) is 0 Å². The highest BCUT2D eigenvalue weighted by molar-refractivity contribution is 7.89. The van der Waals surface area contributed by atoms with Crippen LogP contribution in [0.4, 0.5) is 0 Å². The Hall–Kier alpha value is -1.00. The van der Waals surface area contributed by atoms with Crippen molar-refractivity contribution in [1.29, 1.82) is 5.26 Å². The summed E-state index contributed by atoms with van der Waals surface area (Å²) in [4.78, 5) is -0.384. The van der Waals surface area contributed by atoms with Crippen LogP contribution in [0.5, 0.6) is 5.75 Å². The lowest BCUT2D eigenvalue weighted by Gasteiger charge is -2.15. The van der Waals surface area contributed by atoms with Crippen molar-refractivity contribution in [2.75, 3.05) is 6.54 Å². The van der Waals surface area contributed by atoms with Crippen molar-refractivity contribution in [2.24, 2.45) is 5.41 Å². The summed E-state index contributed by atoms with van der Waals surface area (Å²) in [5.74, 6) is -0.553. The Morgan fingerprint density at radius 2 is 2.00 bits per heavy atom. The number of sulfonamides is 1. The molecule has 0 fully saturated rings. The average Bonchev–Trinajstić information content (AvgIpc) is 2.33. The quantitative estimate of drug-likeness (QED) is 0.864. The third-order valence-electron chi connectivity index (χ3n) is 2.63. The number of aromatic hydroxyl groups is 1. The van der Waals surface area contributed by atoms with Gasteiger partial charge in [-0.25, -0.2) is 13.1 Å². The van der Waals surface area contributed by atoms with Gasteiger partial charge >= 0.3 is 0 Å². The second-order valence-corrected chi connectivity index (χ2v) is 7.46. The second-order valence-electron chi connectivity index (χ2n) is 4.88. The molecule has 20 heavy (non-hydrogen) atoms. The minimum absolute atomic E-state index is 0.0620. The molecule has 0 spiro atoms. The Morgan fingerprint density at radius 1 is 1.40 bits per heavy atom. The molecule has 1 rings (SSSR count). The minimum atomic E-state index is -3.94. The molecule has 0 saturated heterocycles. The average molecular weight is 337 g/mol. The molecule has 2 N–H and O–H groups in total. The van der Waals surface area contributed by atoms with Crippen LogP contribution in [0.2, 0.25) is 10.0 Å². The van der Waals surface area contributed by atoms with Gasteiger partial charge in [0.05, 0.1) is 16.5 Å². The van der Waals surface area contributed by atoms with Crippen molar-refractivity contribution in [3.05, 3.63) is 22.2 Å². The lowest BCUT2D eigenvalue weighted by atomic mass is 9.92. The molecule has 0 aliphatic rings. The molecule has 0 amide bonds. The van der Waals surface area contributed by atoms with Gasteiger partial charge in [-0.15, -0.1) is 0 Å². The molecule has 0 bridgehead atoms. The fourth-order valence-electron chi connectivity index (χ4n) is 1.38. The van der Waals surface area contributed by atoms with Gasteiger partial charge in [-0.2, -0.15) is 5.26 Å². The first kappa shape index (κ1) is 17.1. The zero-order valence-electron chi connectivity index (χ0n) is 10.9. The van der Waals surface area contributed by atoms with Crippen molar-refractivity contribution in [2.45, 2.75) is 25.2 Å². The molecule has 0 radical (unpaired) electrons. The summed E-state index contributed by atoms with van der Waals surface area (Å²) in [6, 6.07) is 4.43. The monoisotopic (exact) mass is 336 g/mol. The highest BCUT2D eigenvalue weighted by Gasteiger charge is 2.23. The van der Waals surface area contributed by atoms with Crippen LogP contribution < -0.4 is 4.72 Å². The van der Waals surface area contributed by atoms with Crippen LogP contribution in [-0.4, -0.2) is 20.1 Å². The first-order valence-electron chi connectivity index (χ1n) is 5.68. The van der Waals surface area contributed by atoms with Gasteiger partial charge in [-0.1, -0.05) is 23.2 Å². The predicted molar refractivity (Wildman–Crippen MR) is 77.3 cm³/mol. The van der Waals surface area contributed by atoms with Gasteiger partial charge < -0.3 is 5.11 Å². The van der Waals surface area contributed by atoms with E-state index in [1.54, 1.807) is 13.8 Å². The Morgan fingerprint density at radius 3 is 2.55 bits per heavy atom. The molecule has 0 saturated carbocycles. The standard InChI is InChI=1S/C12H14Cl2N2O3S/c1-12(2,7-15)3-4-16-20(18,19)10-6-8(13)5-9(14)11(10)17/h5-6,16-17H,3-4H2,1-2H3. The van der Waals surface area contributed by atoms with Crippen molar-refractivity contribution in [3.63, 3.8) is 0 Å². The normalized spacial score (nSPS) is 12.2. The van der Waals surface area contributed by atoms with Crippen molar-refractivity contribution in [3.8, 4) is 11.8 Å². The van der Waals surface area contributed by atoms with Crippen molar-refractivity contribution >= 4 is 33.2 Å². The van der Waals surface area contributed by atoms with E-state index in [0.29, 0.717) is 6.42 Å². The molecule has 0 atom stereocenters. The number of nitriles is 1. The zero-order valence-corrected chi connectivity index (χ0v) is 13.3. The van der Waals surface area contributed by atoms with E-state index in [2.05, 4.69) is 10.8 Å². The highest BCUT2D eigenvalue weighted by atomic mass is 35.5. The molecule has 0 heterocycles. The fraction of sp³-hybridized carbons (Fsp3) is 0.417. The van der Waals surface area contributed by atoms with Gasteiger partial charge in [0.1, 0.15) is 4.90 Å². The predicted octanol–water partition coefficient (Wildman–Crippen LogP) is 2.92. The van der Waals surface area contributed by atoms with Crippen LogP contribution in [0, 0.1) is 16.7 Å². The molecular weight excluding hydrogens is 323 g/mol. The number of hydrogen-bond donors (Lipinski definition) is 2. The van der Waals surface area contributed by atoms with E-state index in [1.165, 1.54) is 6.07 Å². The van der Waals surface area contributed by atoms with Crippen LogP contribution in [-0.2, 0) is 10.0 Å². The smallest absolute Gasteiger partial charge is 0.244 e. The van der Waals surface area contributed by atoms with Crippen LogP contribution in [0.15, 0.2) is 17.0 Å². The molecule has 5 nitrogen and oxygen atoms in total. The number of rotatable bonds is 5. The Balaban J connectivity index is 2.94. The first-order chi connectivity index (χ1) is 9.09. The number of halogens is 2. The highest BCUT2D eigenvalue weighted by Crippen LogP contribution is 2.34. The summed E-state index contributed by atoms with van der Waals surface area (Å²) in [5.41, 5.74) is -0.642. The molecule has 0 unspecified atom stereocenters. The summed E-state index contributed by atoms with van der Waals surface area (Å²) in [6.45, 7) is 3.47. The van der Waals surface area contributed by atoms with Crippen molar-refractivity contribution < 1.29 is 13.5 Å². The SMILES string of the molecule is CC(C)(C#N)CCNS(=O)(=O)c1cc(Cl)cc(Cl)c1O. The molecule has 8 heteroatoms. The van der Waals surface area contributed by atoms with Gasteiger partial charge in [-0.3, -0.25) is 0 Å². The number of nitrogens with zero attached hydrogens (tertiary/aromatic N) is 1. The maximum absolute atomic E-state index is 12.1. The van der Waals surface area contributed by atoms with Crippen LogP contribution in [0.25, 0.3) is 0 Å². The first-order valence-corrected chi connectivity index (χ1v) is 7.92. The minimum Gasteiger partial charge on any atom is -0.505 e. The number of nitrogens with one attached hydrogen (secondary N) is 1. The molecule has 0 aliphatic heterocycles. The summed E-state index contributed by atoms with van der Waals surface area (Å²) < 4.78 is 26.4. The lowest BCUT2D eigenvalue weighted by molar-refractivity contribution is 0.445. The number of phenolic OH excluding ortho intramolecular Hbond substituents is 1. The van der Waals surface area contributed by atoms with Gasteiger partial charge in [0, 0.05) is 11.6 Å². The van der Waals surface area contributed by atoms with Gasteiger partial charge in [0.25, 0.3) is 0 Å². The maximum atomic E-state index is 12.1. The fourth-order valence-corrected chi connectivity index (χ4v) is 3.17. The zero-order chi connectivity index (χ0) is 15.6. The lowest BCUT2D eigenvalue weighted by Crippen LogP contribution is -2.28. The second kappa shape index (κ2) is 6.19. The van der Waals surface area contributed by atoms with E-state index in [4.69, 9.17) is 28.5 Å². The molecular formula is C12H14Cl2N2O3S. The topological polar surface area (TPSA) is 90.2 Å². The van der Waals surface area contributed by atoms with Crippen molar-refractivity contribution in [1.82, 2.24) is 4.72 Å². The third-order valence-corrected chi connectivity index (χ3v) is 4.61. The van der Waals surface area contributed by atoms with Gasteiger partial charge in [-0.05, 0) is 32.4 Å². The maximum Gasteiger partial charge on any atom is 0.244 e. The summed E-state index contributed by atoms with van der Waals surface area (Å²) >= 11 is 11.4. The van der Waals surface area contributed by atoms with E-state index < -0.39 is 21.2 Å². The van der Waals surface area contributed by atoms with E-state index in [-0.39, 0.29) is 21.5 Å². The van der Waals surface area contributed by atoms with Crippen LogP contribution in [0.3, 0.4) is 0 Å². The molecule has 0 aromatic heterocycles.